The number of likely N-dealkylation sites (tertiary alicyclic amines) is 1. The maximum absolute atomic E-state index is 12.0. The number of rotatable bonds is 5. The fourth-order valence-electron chi connectivity index (χ4n) is 2.01. The van der Waals surface area contributed by atoms with Crippen LogP contribution in [0.3, 0.4) is 0 Å². The van der Waals surface area contributed by atoms with Gasteiger partial charge in [0.25, 0.3) is 0 Å². The van der Waals surface area contributed by atoms with E-state index in [-0.39, 0.29) is 18.4 Å². The Morgan fingerprint density at radius 2 is 2.00 bits per heavy atom. The largest absolute Gasteiger partial charge is 0.480 e. The number of hydrogen-bond acceptors (Lipinski definition) is 4. The van der Waals surface area contributed by atoms with Gasteiger partial charge in [-0.25, -0.2) is 0 Å². The van der Waals surface area contributed by atoms with Gasteiger partial charge >= 0.3 is 5.97 Å². The molecule has 2 atom stereocenters. The van der Waals surface area contributed by atoms with Gasteiger partial charge in [-0.2, -0.15) is 0 Å². The number of nitrogens with one attached hydrogen (secondary N) is 2. The maximum atomic E-state index is 12.0. The van der Waals surface area contributed by atoms with E-state index in [0.717, 1.165) is 0 Å². The fraction of sp³-hybridized carbons (Fsp3) is 0.667. The molecule has 112 valence electrons. The molecule has 20 heavy (non-hydrogen) atoms. The van der Waals surface area contributed by atoms with E-state index in [2.05, 4.69) is 10.6 Å². The summed E-state index contributed by atoms with van der Waals surface area (Å²) in [4.78, 5) is 46.7. The number of carboxylic acid groups (broad SMARTS) is 1. The number of nitrogens with zero attached hydrogens (tertiary/aromatic N) is 1. The van der Waals surface area contributed by atoms with Crippen molar-refractivity contribution >= 4 is 23.7 Å². The lowest BCUT2D eigenvalue weighted by Gasteiger charge is -2.24. The van der Waals surface area contributed by atoms with Gasteiger partial charge in [0, 0.05) is 13.5 Å². The van der Waals surface area contributed by atoms with Crippen LogP contribution in [-0.4, -0.2) is 58.9 Å². The van der Waals surface area contributed by atoms with E-state index >= 15 is 0 Å². The second-order valence-electron chi connectivity index (χ2n) is 4.72. The first-order valence-electron chi connectivity index (χ1n) is 6.40. The molecule has 0 radical (unpaired) electrons. The van der Waals surface area contributed by atoms with Gasteiger partial charge in [0.2, 0.25) is 17.7 Å². The lowest BCUT2D eigenvalue weighted by atomic mass is 10.2. The first-order valence-corrected chi connectivity index (χ1v) is 6.40. The highest BCUT2D eigenvalue weighted by Crippen LogP contribution is 2.17. The van der Waals surface area contributed by atoms with Gasteiger partial charge in [-0.3, -0.25) is 19.2 Å². The van der Waals surface area contributed by atoms with E-state index in [9.17, 15) is 19.2 Å². The molecule has 0 aliphatic carbocycles. The summed E-state index contributed by atoms with van der Waals surface area (Å²) in [6.07, 6.45) is 1.16. The zero-order valence-electron chi connectivity index (χ0n) is 11.5. The van der Waals surface area contributed by atoms with Crippen LogP contribution < -0.4 is 10.6 Å². The van der Waals surface area contributed by atoms with Crippen molar-refractivity contribution in [3.8, 4) is 0 Å². The van der Waals surface area contributed by atoms with E-state index < -0.39 is 24.0 Å². The smallest absolute Gasteiger partial charge is 0.325 e. The Balaban J connectivity index is 2.60. The number of aliphatic carboxylic acids is 1. The third-order valence-corrected chi connectivity index (χ3v) is 3.09. The molecule has 0 aromatic rings. The zero-order chi connectivity index (χ0) is 15.3. The van der Waals surface area contributed by atoms with E-state index in [1.165, 1.54) is 18.7 Å². The molecular formula is C12H19N3O5. The molecule has 8 heteroatoms. The van der Waals surface area contributed by atoms with Gasteiger partial charge in [-0.1, -0.05) is 0 Å². The van der Waals surface area contributed by atoms with Crippen molar-refractivity contribution in [2.24, 2.45) is 0 Å². The quantitative estimate of drug-likeness (QED) is 0.581. The SMILES string of the molecule is CC(=O)NCC(=O)N1CCC[C@H]1C(=O)N[C@@H](C)C(=O)O. The van der Waals surface area contributed by atoms with Gasteiger partial charge in [-0.05, 0) is 19.8 Å². The van der Waals surface area contributed by atoms with Crippen LogP contribution in [-0.2, 0) is 19.2 Å². The second-order valence-corrected chi connectivity index (χ2v) is 4.72. The Labute approximate surface area is 116 Å². The van der Waals surface area contributed by atoms with Crippen LogP contribution in [0.2, 0.25) is 0 Å². The van der Waals surface area contributed by atoms with Crippen LogP contribution in [0.5, 0.6) is 0 Å². The normalized spacial score (nSPS) is 19.3. The minimum atomic E-state index is -1.13. The summed E-state index contributed by atoms with van der Waals surface area (Å²) in [5.41, 5.74) is 0. The lowest BCUT2D eigenvalue weighted by Crippen LogP contribution is -2.51. The molecular weight excluding hydrogens is 266 g/mol. The van der Waals surface area contributed by atoms with E-state index in [4.69, 9.17) is 5.11 Å². The Hall–Kier alpha value is -2.12. The number of carbonyl (C=O) groups excluding carboxylic acids is 3. The van der Waals surface area contributed by atoms with Crippen LogP contribution in [0.4, 0.5) is 0 Å². The third-order valence-electron chi connectivity index (χ3n) is 3.09. The molecule has 0 aromatic heterocycles. The van der Waals surface area contributed by atoms with E-state index in [1.54, 1.807) is 0 Å². The molecule has 1 saturated heterocycles. The van der Waals surface area contributed by atoms with Crippen molar-refractivity contribution in [3.63, 3.8) is 0 Å². The first-order chi connectivity index (χ1) is 9.32. The molecule has 1 rings (SSSR count). The molecule has 0 saturated carbocycles. The van der Waals surface area contributed by atoms with Gasteiger partial charge in [0.15, 0.2) is 0 Å². The molecule has 0 unspecified atom stereocenters. The molecule has 1 fully saturated rings. The highest BCUT2D eigenvalue weighted by atomic mass is 16.4. The Bertz CT molecular complexity index is 423. The number of carboxylic acids is 1. The van der Waals surface area contributed by atoms with Crippen molar-refractivity contribution < 1.29 is 24.3 Å². The van der Waals surface area contributed by atoms with E-state index in [0.29, 0.717) is 19.4 Å². The van der Waals surface area contributed by atoms with Crippen molar-refractivity contribution in [2.75, 3.05) is 13.1 Å². The standard InChI is InChI=1S/C12H19N3O5/c1-7(12(19)20)14-11(18)9-4-3-5-15(9)10(17)6-13-8(2)16/h7,9H,3-6H2,1-2H3,(H,13,16)(H,14,18)(H,19,20)/t7-,9-/m0/s1. The highest BCUT2D eigenvalue weighted by Gasteiger charge is 2.34. The Morgan fingerprint density at radius 1 is 1.35 bits per heavy atom. The number of hydrogen-bond donors (Lipinski definition) is 3. The molecule has 1 heterocycles. The van der Waals surface area contributed by atoms with Crippen molar-refractivity contribution in [1.82, 2.24) is 15.5 Å². The van der Waals surface area contributed by atoms with Gasteiger partial charge in [-0.15, -0.1) is 0 Å². The molecule has 8 nitrogen and oxygen atoms in total. The number of carbonyl (C=O) groups is 4. The predicted molar refractivity (Wildman–Crippen MR) is 68.7 cm³/mol. The first kappa shape index (κ1) is 15.9. The summed E-state index contributed by atoms with van der Waals surface area (Å²) in [5.74, 6) is -2.28. The Kier molecular flexibility index (Phi) is 5.48. The van der Waals surface area contributed by atoms with Crippen LogP contribution >= 0.6 is 0 Å². The molecule has 1 aliphatic rings. The Morgan fingerprint density at radius 3 is 2.55 bits per heavy atom. The summed E-state index contributed by atoms with van der Waals surface area (Å²) in [6.45, 7) is 2.93. The summed E-state index contributed by atoms with van der Waals surface area (Å²) < 4.78 is 0. The van der Waals surface area contributed by atoms with Crippen LogP contribution in [0.25, 0.3) is 0 Å². The maximum Gasteiger partial charge on any atom is 0.325 e. The van der Waals surface area contributed by atoms with Crippen LogP contribution in [0, 0.1) is 0 Å². The fourth-order valence-corrected chi connectivity index (χ4v) is 2.01. The van der Waals surface area contributed by atoms with E-state index in [1.807, 2.05) is 0 Å². The summed E-state index contributed by atoms with van der Waals surface area (Å²) in [7, 11) is 0. The summed E-state index contributed by atoms with van der Waals surface area (Å²) in [5, 5.41) is 13.5. The van der Waals surface area contributed by atoms with Gasteiger partial charge < -0.3 is 20.6 Å². The monoisotopic (exact) mass is 285 g/mol. The predicted octanol–water partition coefficient (Wildman–Crippen LogP) is -1.30. The van der Waals surface area contributed by atoms with Crippen molar-refractivity contribution in [1.29, 1.82) is 0 Å². The van der Waals surface area contributed by atoms with Crippen LogP contribution in [0.15, 0.2) is 0 Å². The molecule has 0 aromatic carbocycles. The molecule has 0 bridgehead atoms. The molecule has 0 spiro atoms. The summed E-state index contributed by atoms with van der Waals surface area (Å²) in [6, 6.07) is -1.67. The van der Waals surface area contributed by atoms with Crippen molar-refractivity contribution in [2.45, 2.75) is 38.8 Å². The topological polar surface area (TPSA) is 116 Å². The minimum Gasteiger partial charge on any atom is -0.480 e. The van der Waals surface area contributed by atoms with Crippen molar-refractivity contribution in [3.05, 3.63) is 0 Å². The number of amides is 3. The third kappa shape index (κ3) is 4.22. The lowest BCUT2D eigenvalue weighted by molar-refractivity contribution is -0.143. The average Bonchev–Trinajstić information content (AvgIpc) is 2.84. The van der Waals surface area contributed by atoms with Gasteiger partial charge in [0.05, 0.1) is 6.54 Å². The molecule has 3 amide bonds. The molecule has 3 N–H and O–H groups in total. The summed E-state index contributed by atoms with van der Waals surface area (Å²) >= 11 is 0. The minimum absolute atomic E-state index is 0.159. The zero-order valence-corrected chi connectivity index (χ0v) is 11.5. The van der Waals surface area contributed by atoms with Crippen LogP contribution in [0.1, 0.15) is 26.7 Å². The van der Waals surface area contributed by atoms with Gasteiger partial charge in [0.1, 0.15) is 12.1 Å². The molecule has 1 aliphatic heterocycles. The highest BCUT2D eigenvalue weighted by molar-refractivity contribution is 5.92. The average molecular weight is 285 g/mol. The second kappa shape index (κ2) is 6.88.